The van der Waals surface area contributed by atoms with Crippen molar-refractivity contribution >= 4 is 5.57 Å². The third kappa shape index (κ3) is 4.72. The predicted molar refractivity (Wildman–Crippen MR) is 226 cm³/mol. The van der Waals surface area contributed by atoms with E-state index in [-0.39, 0.29) is 22.3 Å². The van der Waals surface area contributed by atoms with Crippen molar-refractivity contribution in [3.63, 3.8) is 0 Å². The first-order valence-electron chi connectivity index (χ1n) is 22.2. The van der Waals surface area contributed by atoms with Crippen LogP contribution in [0, 0.1) is 23.2 Å². The maximum absolute atomic E-state index is 7.63. The van der Waals surface area contributed by atoms with Crippen molar-refractivity contribution in [1.29, 1.82) is 0 Å². The summed E-state index contributed by atoms with van der Waals surface area (Å²) in [5.74, 6) is 2.57. The molecule has 0 radical (unpaired) electrons. The van der Waals surface area contributed by atoms with Gasteiger partial charge in [-0.05, 0) is 133 Å². The second kappa shape index (κ2) is 12.7. The molecule has 6 atom stereocenters. The number of fused-ring (bicyclic) bond motifs is 8. The average Bonchev–Trinajstić information content (AvgIpc) is 3.80. The summed E-state index contributed by atoms with van der Waals surface area (Å²) in [7, 11) is 0. The van der Waals surface area contributed by atoms with Gasteiger partial charge in [-0.2, -0.15) is 0 Å². The SMILES string of the molecule is CC12CCCC(N(C3=C4c5ccccc5C(C)(C)C4CC=C3)C3CCCCC3)=C1OC1C=CC=C([C@@]3(c4ccccc4)C4=C(CCCC4)C4=CC=CCC43)C12. The average molecular weight is 726 g/mol. The molecule has 0 bridgehead atoms. The number of hydrogen-bond acceptors (Lipinski definition) is 2. The minimum Gasteiger partial charge on any atom is -0.488 e. The van der Waals surface area contributed by atoms with Gasteiger partial charge in [0.2, 0.25) is 0 Å². The molecule has 2 aromatic carbocycles. The van der Waals surface area contributed by atoms with Crippen molar-refractivity contribution in [2.24, 2.45) is 23.2 Å². The largest absolute Gasteiger partial charge is 0.488 e. The zero-order valence-electron chi connectivity index (χ0n) is 33.5. The van der Waals surface area contributed by atoms with Gasteiger partial charge in [0.1, 0.15) is 11.9 Å². The minimum absolute atomic E-state index is 0.0557. The first kappa shape index (κ1) is 34.2. The van der Waals surface area contributed by atoms with E-state index in [0.717, 1.165) is 19.3 Å². The van der Waals surface area contributed by atoms with E-state index in [2.05, 4.69) is 129 Å². The highest BCUT2D eigenvalue weighted by Crippen LogP contribution is 2.68. The van der Waals surface area contributed by atoms with Crippen molar-refractivity contribution in [3.05, 3.63) is 159 Å². The van der Waals surface area contributed by atoms with Crippen molar-refractivity contribution in [2.75, 3.05) is 0 Å². The summed E-state index contributed by atoms with van der Waals surface area (Å²) < 4.78 is 7.63. The van der Waals surface area contributed by atoms with E-state index in [9.17, 15) is 0 Å². The van der Waals surface area contributed by atoms with E-state index in [0.29, 0.717) is 23.8 Å². The van der Waals surface area contributed by atoms with Crippen LogP contribution in [-0.4, -0.2) is 17.0 Å². The molecule has 9 aliphatic rings. The number of hydrogen-bond donors (Lipinski definition) is 0. The molecule has 2 aromatic rings. The minimum atomic E-state index is -0.132. The summed E-state index contributed by atoms with van der Waals surface area (Å²) in [5.41, 5.74) is 15.7. The fourth-order valence-corrected chi connectivity index (χ4v) is 14.0. The van der Waals surface area contributed by atoms with E-state index in [1.807, 2.05) is 0 Å². The van der Waals surface area contributed by atoms with Crippen LogP contribution in [0.5, 0.6) is 0 Å². The number of nitrogens with zero attached hydrogens (tertiary/aromatic N) is 1. The summed E-state index contributed by atoms with van der Waals surface area (Å²) in [6, 6.07) is 21.7. The maximum Gasteiger partial charge on any atom is 0.124 e. The van der Waals surface area contributed by atoms with Crippen LogP contribution < -0.4 is 0 Å². The fraction of sp³-hybridized carbons (Fsp3) is 0.472. The van der Waals surface area contributed by atoms with Crippen LogP contribution in [0.1, 0.15) is 127 Å². The molecule has 282 valence electrons. The smallest absolute Gasteiger partial charge is 0.124 e. The third-order valence-electron chi connectivity index (χ3n) is 16.3. The van der Waals surface area contributed by atoms with E-state index in [1.165, 1.54) is 104 Å². The van der Waals surface area contributed by atoms with Crippen molar-refractivity contribution in [1.82, 2.24) is 4.90 Å². The Kier molecular flexibility index (Phi) is 7.93. The van der Waals surface area contributed by atoms with Crippen molar-refractivity contribution in [2.45, 2.75) is 134 Å². The molecule has 0 N–H and O–H groups in total. The van der Waals surface area contributed by atoms with Gasteiger partial charge in [0.05, 0.1) is 5.70 Å². The Balaban J connectivity index is 1.11. The highest BCUT2D eigenvalue weighted by atomic mass is 16.5. The molecule has 8 aliphatic carbocycles. The summed E-state index contributed by atoms with van der Waals surface area (Å²) >= 11 is 0. The molecule has 0 spiro atoms. The van der Waals surface area contributed by atoms with Gasteiger partial charge >= 0.3 is 0 Å². The highest BCUT2D eigenvalue weighted by Gasteiger charge is 2.63. The molecule has 1 saturated carbocycles. The van der Waals surface area contributed by atoms with Crippen LogP contribution in [0.3, 0.4) is 0 Å². The molecule has 1 saturated heterocycles. The van der Waals surface area contributed by atoms with Crippen LogP contribution in [0.4, 0.5) is 0 Å². The predicted octanol–water partition coefficient (Wildman–Crippen LogP) is 13.1. The lowest BCUT2D eigenvalue weighted by molar-refractivity contribution is 0.153. The summed E-state index contributed by atoms with van der Waals surface area (Å²) in [4.78, 5) is 2.92. The Morgan fingerprint density at radius 2 is 1.55 bits per heavy atom. The molecule has 1 heterocycles. The fourth-order valence-electron chi connectivity index (χ4n) is 14.0. The third-order valence-corrected chi connectivity index (χ3v) is 16.3. The summed E-state index contributed by atoms with van der Waals surface area (Å²) in [6.45, 7) is 7.62. The molecule has 5 unspecified atom stereocenters. The molecule has 2 fully saturated rings. The standard InChI is InChI=1S/C53H59NO/c1-51(2)40-26-13-12-25-39(40)48-43(51)29-16-31-45(48)54(36-21-8-5-9-22-36)46-32-18-34-52(3)49-44(30-17-33-47(49)55-50(46)52)53(35-19-6-4-7-20-35)41-27-14-10-23-37(41)38-24-11-15-28-42(38)53/h4,6-7,10,12-14,16-17,19-20,23,25-26,30-31,33,36,41,43,47,49H,5,8-9,11,15,18,21-22,24,27-29,32,34H2,1-3H3/t41?,43?,47?,49?,52?,53-/m1/s1. The van der Waals surface area contributed by atoms with Gasteiger partial charge in [0.25, 0.3) is 0 Å². The monoisotopic (exact) mass is 725 g/mol. The van der Waals surface area contributed by atoms with E-state index in [1.54, 1.807) is 27.9 Å². The second-order valence-corrected chi connectivity index (χ2v) is 19.2. The van der Waals surface area contributed by atoms with E-state index in [4.69, 9.17) is 4.74 Å². The molecule has 1 aliphatic heterocycles. The first-order chi connectivity index (χ1) is 26.9. The van der Waals surface area contributed by atoms with Crippen LogP contribution in [-0.2, 0) is 15.6 Å². The molecule has 0 amide bonds. The topological polar surface area (TPSA) is 12.5 Å². The summed E-state index contributed by atoms with van der Waals surface area (Å²) in [5, 5.41) is 0. The lowest BCUT2D eigenvalue weighted by Gasteiger charge is -2.49. The number of rotatable bonds is 5. The van der Waals surface area contributed by atoms with Gasteiger partial charge in [0.15, 0.2) is 0 Å². The van der Waals surface area contributed by atoms with Gasteiger partial charge in [-0.3, -0.25) is 0 Å². The Labute approximate surface area is 330 Å². The van der Waals surface area contributed by atoms with Gasteiger partial charge in [-0.15, -0.1) is 0 Å². The van der Waals surface area contributed by atoms with Crippen LogP contribution in [0.2, 0.25) is 0 Å². The lowest BCUT2D eigenvalue weighted by Crippen LogP contribution is -2.46. The number of ether oxygens (including phenoxy) is 1. The van der Waals surface area contributed by atoms with Gasteiger partial charge < -0.3 is 9.64 Å². The quantitative estimate of drug-likeness (QED) is 0.304. The van der Waals surface area contributed by atoms with E-state index < -0.39 is 0 Å². The first-order valence-corrected chi connectivity index (χ1v) is 22.2. The Morgan fingerprint density at radius 3 is 2.42 bits per heavy atom. The second-order valence-electron chi connectivity index (χ2n) is 19.2. The Bertz CT molecular complexity index is 2180. The zero-order valence-corrected chi connectivity index (χ0v) is 33.5. The zero-order chi connectivity index (χ0) is 36.9. The summed E-state index contributed by atoms with van der Waals surface area (Å²) in [6.07, 6.45) is 37.1. The lowest BCUT2D eigenvalue weighted by atomic mass is 9.53. The van der Waals surface area contributed by atoms with Gasteiger partial charge in [-0.25, -0.2) is 0 Å². The molecule has 0 aromatic heterocycles. The van der Waals surface area contributed by atoms with Crippen molar-refractivity contribution < 1.29 is 4.74 Å². The number of benzene rings is 2. The Hall–Kier alpha value is -4.04. The number of allylic oxidation sites excluding steroid dienone is 13. The van der Waals surface area contributed by atoms with E-state index >= 15 is 0 Å². The van der Waals surface area contributed by atoms with Crippen molar-refractivity contribution in [3.8, 4) is 0 Å². The molecule has 2 nitrogen and oxygen atoms in total. The molecular weight excluding hydrogens is 667 g/mol. The van der Waals surface area contributed by atoms with Crippen LogP contribution in [0.15, 0.2) is 143 Å². The molecule has 2 heteroatoms. The molecule has 11 rings (SSSR count). The van der Waals surface area contributed by atoms with Crippen LogP contribution >= 0.6 is 0 Å². The maximum atomic E-state index is 7.63. The van der Waals surface area contributed by atoms with Gasteiger partial charge in [-0.1, -0.05) is 137 Å². The van der Waals surface area contributed by atoms with Crippen LogP contribution in [0.25, 0.3) is 5.57 Å². The van der Waals surface area contributed by atoms with Gasteiger partial charge in [0, 0.05) is 34.4 Å². The molecular formula is C53H59NO. The Morgan fingerprint density at radius 1 is 0.745 bits per heavy atom. The molecule has 55 heavy (non-hydrogen) atoms. The highest BCUT2D eigenvalue weighted by molar-refractivity contribution is 5.82. The normalized spacial score (nSPS) is 34.3.